The molecule has 2 nitrogen and oxygen atoms in total. The lowest BCUT2D eigenvalue weighted by Crippen LogP contribution is -2.43. The second kappa shape index (κ2) is 6.32. The van der Waals surface area contributed by atoms with Crippen LogP contribution in [0.15, 0.2) is 15.9 Å². The van der Waals surface area contributed by atoms with Gasteiger partial charge in [0.05, 0.1) is 9.89 Å². The van der Waals surface area contributed by atoms with E-state index < -0.39 is 0 Å². The largest absolute Gasteiger partial charge is 0.367 e. The van der Waals surface area contributed by atoms with Crippen LogP contribution in [-0.2, 0) is 4.74 Å². The van der Waals surface area contributed by atoms with Crippen LogP contribution >= 0.6 is 27.3 Å². The number of halogens is 1. The van der Waals surface area contributed by atoms with Gasteiger partial charge in [-0.05, 0) is 34.0 Å². The average Bonchev–Trinajstić information content (AvgIpc) is 2.78. The lowest BCUT2D eigenvalue weighted by atomic mass is 9.95. The number of rotatable bonds is 4. The second-order valence-electron chi connectivity index (χ2n) is 4.54. The van der Waals surface area contributed by atoms with Crippen molar-refractivity contribution in [3.8, 4) is 0 Å². The van der Waals surface area contributed by atoms with E-state index in [9.17, 15) is 0 Å². The SMILES string of the molecule is CCC(CC)C1CNCC(c2ccc(Br)s2)O1. The number of hydrogen-bond donors (Lipinski definition) is 1. The maximum atomic E-state index is 6.26. The van der Waals surface area contributed by atoms with Gasteiger partial charge in [0.25, 0.3) is 0 Å². The molecular formula is C13H20BrNOS. The van der Waals surface area contributed by atoms with E-state index in [1.165, 1.54) is 21.5 Å². The highest BCUT2D eigenvalue weighted by molar-refractivity contribution is 9.11. The minimum atomic E-state index is 0.227. The molecule has 1 aromatic rings. The minimum Gasteiger partial charge on any atom is -0.367 e. The topological polar surface area (TPSA) is 21.3 Å². The van der Waals surface area contributed by atoms with Gasteiger partial charge in [0.2, 0.25) is 0 Å². The smallest absolute Gasteiger partial charge is 0.105 e. The number of thiophene rings is 1. The fraction of sp³-hybridized carbons (Fsp3) is 0.692. The molecule has 0 amide bonds. The van der Waals surface area contributed by atoms with E-state index in [0.717, 1.165) is 13.1 Å². The highest BCUT2D eigenvalue weighted by Gasteiger charge is 2.28. The molecule has 0 saturated carbocycles. The average molecular weight is 318 g/mol. The van der Waals surface area contributed by atoms with Crippen molar-refractivity contribution in [2.24, 2.45) is 5.92 Å². The van der Waals surface area contributed by atoms with Crippen molar-refractivity contribution in [2.45, 2.75) is 38.9 Å². The van der Waals surface area contributed by atoms with Gasteiger partial charge in [0.1, 0.15) is 6.10 Å². The van der Waals surface area contributed by atoms with Crippen LogP contribution in [0.1, 0.15) is 37.7 Å². The summed E-state index contributed by atoms with van der Waals surface area (Å²) in [6, 6.07) is 4.26. The summed E-state index contributed by atoms with van der Waals surface area (Å²) in [5.41, 5.74) is 0. The van der Waals surface area contributed by atoms with Crippen molar-refractivity contribution in [3.63, 3.8) is 0 Å². The van der Waals surface area contributed by atoms with Gasteiger partial charge in [-0.25, -0.2) is 0 Å². The van der Waals surface area contributed by atoms with Crippen LogP contribution in [0.25, 0.3) is 0 Å². The van der Waals surface area contributed by atoms with Gasteiger partial charge in [0.15, 0.2) is 0 Å². The summed E-state index contributed by atoms with van der Waals surface area (Å²) >= 11 is 5.29. The van der Waals surface area contributed by atoms with Crippen LogP contribution in [0, 0.1) is 5.92 Å². The van der Waals surface area contributed by atoms with Gasteiger partial charge in [-0.15, -0.1) is 11.3 Å². The lowest BCUT2D eigenvalue weighted by Gasteiger charge is -2.34. The van der Waals surface area contributed by atoms with Crippen molar-refractivity contribution in [1.82, 2.24) is 5.32 Å². The highest BCUT2D eigenvalue weighted by atomic mass is 79.9. The summed E-state index contributed by atoms with van der Waals surface area (Å²) < 4.78 is 7.44. The van der Waals surface area contributed by atoms with E-state index in [2.05, 4.69) is 47.2 Å². The molecule has 2 rings (SSSR count). The molecule has 2 unspecified atom stereocenters. The Hall–Kier alpha value is 0.1000. The Labute approximate surface area is 116 Å². The maximum Gasteiger partial charge on any atom is 0.105 e. The van der Waals surface area contributed by atoms with Gasteiger partial charge >= 0.3 is 0 Å². The van der Waals surface area contributed by atoms with Gasteiger partial charge in [-0.3, -0.25) is 0 Å². The van der Waals surface area contributed by atoms with E-state index in [0.29, 0.717) is 12.0 Å². The molecule has 1 aromatic heterocycles. The summed E-state index contributed by atoms with van der Waals surface area (Å²) in [5, 5.41) is 3.51. The number of nitrogens with one attached hydrogen (secondary N) is 1. The normalized spacial score (nSPS) is 25.4. The fourth-order valence-electron chi connectivity index (χ4n) is 2.43. The molecule has 0 bridgehead atoms. The molecule has 96 valence electrons. The predicted octanol–water partition coefficient (Wildman–Crippen LogP) is 3.98. The minimum absolute atomic E-state index is 0.227. The summed E-state index contributed by atoms with van der Waals surface area (Å²) in [6.45, 7) is 6.44. The first kappa shape index (κ1) is 13.5. The molecule has 17 heavy (non-hydrogen) atoms. The predicted molar refractivity (Wildman–Crippen MR) is 76.6 cm³/mol. The molecule has 1 saturated heterocycles. The van der Waals surface area contributed by atoms with Crippen LogP contribution < -0.4 is 5.32 Å². The van der Waals surface area contributed by atoms with Crippen LogP contribution in [0.4, 0.5) is 0 Å². The third-order valence-electron chi connectivity index (χ3n) is 3.50. The molecule has 0 spiro atoms. The molecule has 2 atom stereocenters. The van der Waals surface area contributed by atoms with E-state index >= 15 is 0 Å². The van der Waals surface area contributed by atoms with Gasteiger partial charge in [0, 0.05) is 18.0 Å². The molecular weight excluding hydrogens is 298 g/mol. The maximum absolute atomic E-state index is 6.26. The Morgan fingerprint density at radius 1 is 1.41 bits per heavy atom. The summed E-state index contributed by atoms with van der Waals surface area (Å²) in [6.07, 6.45) is 2.99. The quantitative estimate of drug-likeness (QED) is 0.907. The van der Waals surface area contributed by atoms with Crippen LogP contribution in [0.2, 0.25) is 0 Å². The Balaban J connectivity index is 2.01. The molecule has 1 N–H and O–H groups in total. The monoisotopic (exact) mass is 317 g/mol. The summed E-state index contributed by atoms with van der Waals surface area (Å²) in [5.74, 6) is 0.675. The number of ether oxygens (including phenoxy) is 1. The summed E-state index contributed by atoms with van der Waals surface area (Å²) in [4.78, 5) is 1.32. The van der Waals surface area contributed by atoms with Crippen LogP contribution in [-0.4, -0.2) is 19.2 Å². The molecule has 0 aliphatic carbocycles. The molecule has 2 heterocycles. The van der Waals surface area contributed by atoms with E-state index in [4.69, 9.17) is 4.74 Å². The Kier molecular flexibility index (Phi) is 5.03. The first-order valence-electron chi connectivity index (χ1n) is 6.36. The molecule has 0 aromatic carbocycles. The summed E-state index contributed by atoms with van der Waals surface area (Å²) in [7, 11) is 0. The van der Waals surface area contributed by atoms with E-state index in [-0.39, 0.29) is 6.10 Å². The zero-order valence-corrected chi connectivity index (χ0v) is 12.8. The van der Waals surface area contributed by atoms with Crippen molar-refractivity contribution in [2.75, 3.05) is 13.1 Å². The lowest BCUT2D eigenvalue weighted by molar-refractivity contribution is -0.0673. The van der Waals surface area contributed by atoms with Gasteiger partial charge in [-0.2, -0.15) is 0 Å². The van der Waals surface area contributed by atoms with Crippen molar-refractivity contribution >= 4 is 27.3 Å². The third kappa shape index (κ3) is 3.31. The standard InChI is InChI=1S/C13H20BrNOS/c1-3-9(4-2)10-7-15-8-11(16-10)12-5-6-13(14)17-12/h5-6,9-11,15H,3-4,7-8H2,1-2H3. The molecule has 1 fully saturated rings. The first-order valence-corrected chi connectivity index (χ1v) is 7.97. The van der Waals surface area contributed by atoms with Crippen LogP contribution in [0.3, 0.4) is 0 Å². The Bertz CT molecular complexity index is 351. The first-order chi connectivity index (χ1) is 8.24. The van der Waals surface area contributed by atoms with Gasteiger partial charge in [-0.1, -0.05) is 26.7 Å². The Morgan fingerprint density at radius 2 is 2.18 bits per heavy atom. The molecule has 4 heteroatoms. The number of hydrogen-bond acceptors (Lipinski definition) is 3. The Morgan fingerprint density at radius 3 is 2.76 bits per heavy atom. The van der Waals surface area contributed by atoms with E-state index in [1.807, 2.05) is 0 Å². The fourth-order valence-corrected chi connectivity index (χ4v) is 3.89. The second-order valence-corrected chi connectivity index (χ2v) is 7.03. The number of morpholine rings is 1. The van der Waals surface area contributed by atoms with Crippen molar-refractivity contribution < 1.29 is 4.74 Å². The van der Waals surface area contributed by atoms with Crippen LogP contribution in [0.5, 0.6) is 0 Å². The van der Waals surface area contributed by atoms with E-state index in [1.54, 1.807) is 11.3 Å². The zero-order chi connectivity index (χ0) is 12.3. The van der Waals surface area contributed by atoms with Gasteiger partial charge < -0.3 is 10.1 Å². The molecule has 0 radical (unpaired) electrons. The third-order valence-corrected chi connectivity index (χ3v) is 5.22. The molecule has 1 aliphatic rings. The van der Waals surface area contributed by atoms with Crippen molar-refractivity contribution in [1.29, 1.82) is 0 Å². The molecule has 1 aliphatic heterocycles. The van der Waals surface area contributed by atoms with Crippen molar-refractivity contribution in [3.05, 3.63) is 20.8 Å². The zero-order valence-electron chi connectivity index (χ0n) is 10.4. The highest BCUT2D eigenvalue weighted by Crippen LogP contribution is 2.33.